The molecule has 98 valence electrons. The first-order valence-corrected chi connectivity index (χ1v) is 5.44. The summed E-state index contributed by atoms with van der Waals surface area (Å²) in [5.41, 5.74) is 6.32. The van der Waals surface area contributed by atoms with Gasteiger partial charge in [-0.3, -0.25) is 10.1 Å². The van der Waals surface area contributed by atoms with Crippen LogP contribution in [0, 0.1) is 6.92 Å². The molecule has 1 amide bonds. The van der Waals surface area contributed by atoms with Crippen LogP contribution in [-0.2, 0) is 0 Å². The maximum Gasteiger partial charge on any atom is 0.328 e. The van der Waals surface area contributed by atoms with Gasteiger partial charge in [0, 0.05) is 11.8 Å². The lowest BCUT2D eigenvalue weighted by Gasteiger charge is -2.05. The number of aryl methyl sites for hydroxylation is 1. The quantitative estimate of drug-likeness (QED) is 0.774. The molecule has 0 spiro atoms. The Morgan fingerprint density at radius 1 is 1.37 bits per heavy atom. The predicted molar refractivity (Wildman–Crippen MR) is 64.0 cm³/mol. The van der Waals surface area contributed by atoms with Crippen molar-refractivity contribution in [2.75, 3.05) is 17.8 Å². The van der Waals surface area contributed by atoms with E-state index in [1.165, 1.54) is 12.1 Å². The Labute approximate surface area is 107 Å². The van der Waals surface area contributed by atoms with Gasteiger partial charge in [0.25, 0.3) is 5.91 Å². The number of amides is 1. The number of hydrogen-bond donors (Lipinski definition) is 2. The molecule has 0 aliphatic carbocycles. The van der Waals surface area contributed by atoms with Crippen molar-refractivity contribution in [2.45, 2.75) is 6.92 Å². The third-order valence-electron chi connectivity index (χ3n) is 2.54. The number of aromatic nitrogens is 2. The van der Waals surface area contributed by atoms with Gasteiger partial charge in [-0.2, -0.15) is 4.98 Å². The topological polar surface area (TPSA) is 113 Å². The van der Waals surface area contributed by atoms with Gasteiger partial charge < -0.3 is 19.7 Å². The lowest BCUT2D eigenvalue weighted by atomic mass is 10.1. The second-order valence-corrected chi connectivity index (χ2v) is 3.89. The van der Waals surface area contributed by atoms with Crippen LogP contribution in [0.2, 0.25) is 0 Å². The SMILES string of the molecule is Cc1noc(NC(=O)c2cc3c(cc2N)OCO3)n1. The van der Waals surface area contributed by atoms with Crippen LogP contribution in [0.3, 0.4) is 0 Å². The maximum atomic E-state index is 12.0. The van der Waals surface area contributed by atoms with Crippen molar-refractivity contribution in [1.82, 2.24) is 10.1 Å². The lowest BCUT2D eigenvalue weighted by molar-refractivity contribution is 0.102. The summed E-state index contributed by atoms with van der Waals surface area (Å²) in [6.07, 6.45) is 0. The number of nitrogens with two attached hydrogens (primary N) is 1. The minimum atomic E-state index is -0.459. The number of fused-ring (bicyclic) bond motifs is 1. The van der Waals surface area contributed by atoms with E-state index in [4.69, 9.17) is 19.7 Å². The first-order valence-electron chi connectivity index (χ1n) is 5.44. The fourth-order valence-electron chi connectivity index (χ4n) is 1.67. The summed E-state index contributed by atoms with van der Waals surface area (Å²) in [6.45, 7) is 1.76. The van der Waals surface area contributed by atoms with E-state index in [1.807, 2.05) is 0 Å². The number of carbonyl (C=O) groups excluding carboxylic acids is 1. The van der Waals surface area contributed by atoms with Gasteiger partial charge in [0.05, 0.1) is 5.56 Å². The first kappa shape index (κ1) is 11.3. The van der Waals surface area contributed by atoms with Crippen LogP contribution in [0.1, 0.15) is 16.2 Å². The molecule has 0 atom stereocenters. The Hall–Kier alpha value is -2.77. The molecular weight excluding hydrogens is 252 g/mol. The number of ether oxygens (including phenoxy) is 2. The van der Waals surface area contributed by atoms with E-state index < -0.39 is 5.91 Å². The van der Waals surface area contributed by atoms with E-state index in [-0.39, 0.29) is 24.1 Å². The summed E-state index contributed by atoms with van der Waals surface area (Å²) in [5.74, 6) is 0.956. The van der Waals surface area contributed by atoms with Gasteiger partial charge in [-0.25, -0.2) is 0 Å². The van der Waals surface area contributed by atoms with E-state index >= 15 is 0 Å². The third-order valence-corrected chi connectivity index (χ3v) is 2.54. The van der Waals surface area contributed by atoms with E-state index in [0.717, 1.165) is 0 Å². The molecule has 0 fully saturated rings. The molecule has 0 unspecified atom stereocenters. The van der Waals surface area contributed by atoms with E-state index in [1.54, 1.807) is 6.92 Å². The van der Waals surface area contributed by atoms with Crippen molar-refractivity contribution >= 4 is 17.6 Å². The molecule has 1 aromatic heterocycles. The van der Waals surface area contributed by atoms with Crippen LogP contribution in [-0.4, -0.2) is 22.8 Å². The molecule has 8 nitrogen and oxygen atoms in total. The highest BCUT2D eigenvalue weighted by atomic mass is 16.7. The minimum Gasteiger partial charge on any atom is -0.454 e. The number of carbonyl (C=O) groups is 1. The zero-order chi connectivity index (χ0) is 13.4. The van der Waals surface area contributed by atoms with Crippen molar-refractivity contribution in [3.63, 3.8) is 0 Å². The fourth-order valence-corrected chi connectivity index (χ4v) is 1.67. The van der Waals surface area contributed by atoms with Gasteiger partial charge in [0.15, 0.2) is 17.3 Å². The molecule has 0 bridgehead atoms. The molecule has 2 aromatic rings. The zero-order valence-corrected chi connectivity index (χ0v) is 9.97. The van der Waals surface area contributed by atoms with E-state index in [0.29, 0.717) is 17.3 Å². The van der Waals surface area contributed by atoms with Crippen molar-refractivity contribution in [3.8, 4) is 11.5 Å². The van der Waals surface area contributed by atoms with Crippen molar-refractivity contribution in [3.05, 3.63) is 23.5 Å². The Morgan fingerprint density at radius 3 is 2.79 bits per heavy atom. The Bertz CT molecular complexity index is 652. The van der Waals surface area contributed by atoms with Gasteiger partial charge >= 0.3 is 6.01 Å². The van der Waals surface area contributed by atoms with Gasteiger partial charge in [-0.15, -0.1) is 0 Å². The summed E-state index contributed by atoms with van der Waals surface area (Å²) < 4.78 is 15.1. The first-order chi connectivity index (χ1) is 9.13. The van der Waals surface area contributed by atoms with Crippen LogP contribution < -0.4 is 20.5 Å². The number of nitrogen functional groups attached to an aromatic ring is 1. The van der Waals surface area contributed by atoms with Crippen LogP contribution in [0.25, 0.3) is 0 Å². The van der Waals surface area contributed by atoms with E-state index in [9.17, 15) is 4.79 Å². The average Bonchev–Trinajstić information content (AvgIpc) is 2.96. The number of nitrogens with zero attached hydrogens (tertiary/aromatic N) is 2. The van der Waals surface area contributed by atoms with Gasteiger partial charge in [-0.1, -0.05) is 5.16 Å². The van der Waals surface area contributed by atoms with Gasteiger partial charge in [0.1, 0.15) is 0 Å². The molecule has 1 aliphatic heterocycles. The molecule has 19 heavy (non-hydrogen) atoms. The molecule has 0 saturated heterocycles. The monoisotopic (exact) mass is 262 g/mol. The van der Waals surface area contributed by atoms with Crippen LogP contribution >= 0.6 is 0 Å². The Morgan fingerprint density at radius 2 is 2.11 bits per heavy atom. The van der Waals surface area contributed by atoms with Crippen molar-refractivity contribution < 1.29 is 18.8 Å². The predicted octanol–water partition coefficient (Wildman–Crippen LogP) is 0.941. The average molecular weight is 262 g/mol. The van der Waals surface area contributed by atoms with Gasteiger partial charge in [0.2, 0.25) is 6.79 Å². The second kappa shape index (κ2) is 4.16. The number of hydrogen-bond acceptors (Lipinski definition) is 7. The Balaban J connectivity index is 1.87. The number of rotatable bonds is 2. The molecule has 0 radical (unpaired) electrons. The molecule has 2 heterocycles. The molecule has 8 heteroatoms. The summed E-state index contributed by atoms with van der Waals surface area (Å²) in [7, 11) is 0. The van der Waals surface area contributed by atoms with Crippen molar-refractivity contribution in [1.29, 1.82) is 0 Å². The summed E-state index contributed by atoms with van der Waals surface area (Å²) >= 11 is 0. The zero-order valence-electron chi connectivity index (χ0n) is 9.97. The molecule has 1 aliphatic rings. The number of benzene rings is 1. The highest BCUT2D eigenvalue weighted by molar-refractivity contribution is 6.07. The molecule has 0 saturated carbocycles. The molecule has 1 aromatic carbocycles. The lowest BCUT2D eigenvalue weighted by Crippen LogP contribution is -2.14. The normalized spacial score (nSPS) is 12.5. The largest absolute Gasteiger partial charge is 0.454 e. The molecular formula is C11H10N4O4. The standard InChI is InChI=1S/C11H10N4O4/c1-5-13-11(19-15-5)14-10(16)6-2-8-9(3-7(6)12)18-4-17-8/h2-3H,4,12H2,1H3,(H,13,14,15,16). The van der Waals surface area contributed by atoms with Crippen LogP contribution in [0.5, 0.6) is 11.5 Å². The third kappa shape index (κ3) is 2.03. The smallest absolute Gasteiger partial charge is 0.328 e. The Kier molecular flexibility index (Phi) is 2.48. The summed E-state index contributed by atoms with van der Waals surface area (Å²) in [6, 6.07) is 3.06. The number of anilines is 2. The van der Waals surface area contributed by atoms with Crippen LogP contribution in [0.15, 0.2) is 16.7 Å². The van der Waals surface area contributed by atoms with Crippen molar-refractivity contribution in [2.24, 2.45) is 0 Å². The maximum absolute atomic E-state index is 12.0. The van der Waals surface area contributed by atoms with Crippen LogP contribution in [0.4, 0.5) is 11.7 Å². The second-order valence-electron chi connectivity index (χ2n) is 3.89. The summed E-state index contributed by atoms with van der Waals surface area (Å²) in [5, 5.41) is 6.02. The van der Waals surface area contributed by atoms with E-state index in [2.05, 4.69) is 15.5 Å². The minimum absolute atomic E-state index is 0.0135. The molecule has 3 rings (SSSR count). The molecule has 3 N–H and O–H groups in total. The highest BCUT2D eigenvalue weighted by Gasteiger charge is 2.20. The summed E-state index contributed by atoms with van der Waals surface area (Å²) in [4.78, 5) is 15.9. The van der Waals surface area contributed by atoms with Gasteiger partial charge in [-0.05, 0) is 13.0 Å². The fraction of sp³-hybridized carbons (Fsp3) is 0.182. The highest BCUT2D eigenvalue weighted by Crippen LogP contribution is 2.36. The number of nitrogens with one attached hydrogen (secondary N) is 1.